The second-order valence-electron chi connectivity index (χ2n) is 6.65. The van der Waals surface area contributed by atoms with E-state index in [0.29, 0.717) is 23.2 Å². The molecule has 1 atom stereocenters. The van der Waals surface area contributed by atoms with E-state index in [1.165, 1.54) is 0 Å². The van der Waals surface area contributed by atoms with Crippen LogP contribution in [0, 0.1) is 0 Å². The summed E-state index contributed by atoms with van der Waals surface area (Å²) in [4.78, 5) is 25.4. The molecule has 0 bridgehead atoms. The van der Waals surface area contributed by atoms with Crippen LogP contribution in [0.5, 0.6) is 11.6 Å². The Bertz CT molecular complexity index is 749. The summed E-state index contributed by atoms with van der Waals surface area (Å²) < 4.78 is 5.69. The average molecular weight is 353 g/mol. The number of nitrogens with one attached hydrogen (secondary N) is 1. The quantitative estimate of drug-likeness (QED) is 0.896. The summed E-state index contributed by atoms with van der Waals surface area (Å²) in [6.45, 7) is 5.80. The molecule has 0 spiro atoms. The molecule has 4 rings (SSSR count). The Morgan fingerprint density at radius 1 is 1.19 bits per heavy atom. The zero-order valence-electron chi connectivity index (χ0n) is 14.7. The lowest BCUT2D eigenvalue weighted by atomic mass is 10.2. The van der Waals surface area contributed by atoms with E-state index in [2.05, 4.69) is 20.2 Å². The van der Waals surface area contributed by atoms with Gasteiger partial charge in [0.1, 0.15) is 5.75 Å². The number of aromatic nitrogens is 2. The number of amides is 1. The summed E-state index contributed by atoms with van der Waals surface area (Å²) in [6.07, 6.45) is 5.76. The first kappa shape index (κ1) is 16.9. The zero-order valence-corrected chi connectivity index (χ0v) is 14.7. The number of benzene rings is 1. The van der Waals surface area contributed by atoms with Crippen LogP contribution in [0.1, 0.15) is 16.8 Å². The van der Waals surface area contributed by atoms with Gasteiger partial charge < -0.3 is 15.0 Å². The van der Waals surface area contributed by atoms with Gasteiger partial charge in [-0.2, -0.15) is 0 Å². The van der Waals surface area contributed by atoms with Crippen LogP contribution in [-0.2, 0) is 0 Å². The minimum absolute atomic E-state index is 0.0623. The second kappa shape index (κ2) is 7.80. The van der Waals surface area contributed by atoms with E-state index in [1.807, 2.05) is 23.1 Å². The molecular formula is C19H23N5O2. The molecule has 7 nitrogen and oxygen atoms in total. The van der Waals surface area contributed by atoms with E-state index >= 15 is 0 Å². The number of hydrogen-bond donors (Lipinski definition) is 1. The monoisotopic (exact) mass is 353 g/mol. The molecule has 1 aromatic carbocycles. The van der Waals surface area contributed by atoms with Crippen LogP contribution in [0.4, 0.5) is 0 Å². The first-order valence-electron chi connectivity index (χ1n) is 9.07. The maximum absolute atomic E-state index is 12.9. The number of hydrogen-bond acceptors (Lipinski definition) is 6. The van der Waals surface area contributed by atoms with Crippen molar-refractivity contribution in [2.45, 2.75) is 12.5 Å². The lowest BCUT2D eigenvalue weighted by Gasteiger charge is -2.32. The molecule has 2 aliphatic heterocycles. The topological polar surface area (TPSA) is 70.6 Å². The van der Waals surface area contributed by atoms with Crippen LogP contribution in [0.15, 0.2) is 42.9 Å². The van der Waals surface area contributed by atoms with Gasteiger partial charge in [-0.1, -0.05) is 6.07 Å². The predicted octanol–water partition coefficient (Wildman–Crippen LogP) is 1.39. The Kier molecular flexibility index (Phi) is 5.08. The molecule has 1 unspecified atom stereocenters. The molecule has 0 radical (unpaired) electrons. The lowest BCUT2D eigenvalue weighted by molar-refractivity contribution is 0.0773. The van der Waals surface area contributed by atoms with Gasteiger partial charge in [0.15, 0.2) is 0 Å². The van der Waals surface area contributed by atoms with Crippen LogP contribution < -0.4 is 10.1 Å². The van der Waals surface area contributed by atoms with Gasteiger partial charge in [-0.05, 0) is 24.6 Å². The number of nitrogens with zero attached hydrogens (tertiary/aromatic N) is 4. The summed E-state index contributed by atoms with van der Waals surface area (Å²) in [7, 11) is 0. The fraction of sp³-hybridized carbons (Fsp3) is 0.421. The van der Waals surface area contributed by atoms with Crippen LogP contribution in [0.25, 0.3) is 0 Å². The minimum atomic E-state index is 0.0623. The number of likely N-dealkylation sites (tertiary alicyclic amines) is 1. The molecule has 7 heteroatoms. The van der Waals surface area contributed by atoms with Crippen LogP contribution in [0.2, 0.25) is 0 Å². The number of carbonyl (C=O) groups excluding carboxylic acids is 1. The SMILES string of the molecule is O=C(c1cccc(Oc2cnccn2)c1)N1CCC(N2CCNCC2)C1. The average Bonchev–Trinajstić information content (AvgIpc) is 3.19. The zero-order chi connectivity index (χ0) is 17.8. The third-order valence-corrected chi connectivity index (χ3v) is 4.96. The van der Waals surface area contributed by atoms with E-state index in [9.17, 15) is 4.79 Å². The van der Waals surface area contributed by atoms with Gasteiger partial charge >= 0.3 is 0 Å². The van der Waals surface area contributed by atoms with E-state index < -0.39 is 0 Å². The third-order valence-electron chi connectivity index (χ3n) is 4.96. The summed E-state index contributed by atoms with van der Waals surface area (Å²) in [5.41, 5.74) is 0.646. The van der Waals surface area contributed by atoms with Crippen molar-refractivity contribution < 1.29 is 9.53 Å². The normalized spacial score (nSPS) is 20.9. The van der Waals surface area contributed by atoms with Crippen LogP contribution in [0.3, 0.4) is 0 Å². The third kappa shape index (κ3) is 3.84. The molecule has 0 aliphatic carbocycles. The van der Waals surface area contributed by atoms with Crippen molar-refractivity contribution in [2.24, 2.45) is 0 Å². The van der Waals surface area contributed by atoms with Crippen molar-refractivity contribution in [3.63, 3.8) is 0 Å². The highest BCUT2D eigenvalue weighted by molar-refractivity contribution is 5.94. The summed E-state index contributed by atoms with van der Waals surface area (Å²) in [6, 6.07) is 7.74. The smallest absolute Gasteiger partial charge is 0.254 e. The molecule has 1 amide bonds. The van der Waals surface area contributed by atoms with Gasteiger partial charge in [-0.25, -0.2) is 4.98 Å². The van der Waals surface area contributed by atoms with E-state index in [1.54, 1.807) is 24.7 Å². The fourth-order valence-corrected chi connectivity index (χ4v) is 3.61. The first-order chi connectivity index (χ1) is 12.8. The summed E-state index contributed by atoms with van der Waals surface area (Å²) in [5.74, 6) is 1.07. The predicted molar refractivity (Wildman–Crippen MR) is 97.3 cm³/mol. The lowest BCUT2D eigenvalue weighted by Crippen LogP contribution is -2.49. The van der Waals surface area contributed by atoms with Gasteiger partial charge in [-0.15, -0.1) is 0 Å². The van der Waals surface area contributed by atoms with Crippen molar-refractivity contribution in [3.8, 4) is 11.6 Å². The van der Waals surface area contributed by atoms with E-state index in [-0.39, 0.29) is 5.91 Å². The van der Waals surface area contributed by atoms with Crippen LogP contribution in [-0.4, -0.2) is 71.0 Å². The number of carbonyl (C=O) groups is 1. The summed E-state index contributed by atoms with van der Waals surface area (Å²) in [5, 5.41) is 3.38. The maximum atomic E-state index is 12.9. The summed E-state index contributed by atoms with van der Waals surface area (Å²) >= 11 is 0. The van der Waals surface area contributed by atoms with Crippen molar-refractivity contribution >= 4 is 5.91 Å². The molecule has 1 N–H and O–H groups in total. The van der Waals surface area contributed by atoms with Crippen molar-refractivity contribution in [1.29, 1.82) is 0 Å². The van der Waals surface area contributed by atoms with Gasteiger partial charge in [0, 0.05) is 63.3 Å². The van der Waals surface area contributed by atoms with E-state index in [4.69, 9.17) is 4.74 Å². The Morgan fingerprint density at radius 3 is 2.88 bits per heavy atom. The van der Waals surface area contributed by atoms with Crippen molar-refractivity contribution in [2.75, 3.05) is 39.3 Å². The van der Waals surface area contributed by atoms with Crippen LogP contribution >= 0.6 is 0 Å². The van der Waals surface area contributed by atoms with Gasteiger partial charge in [0.25, 0.3) is 5.91 Å². The molecule has 2 aliphatic rings. The molecule has 136 valence electrons. The van der Waals surface area contributed by atoms with Gasteiger partial charge in [0.05, 0.1) is 6.20 Å². The standard InChI is InChI=1S/C19H23N5O2/c25-19(24-9-4-16(14-24)23-10-7-20-8-11-23)15-2-1-3-17(12-15)26-18-13-21-5-6-22-18/h1-3,5-6,12-13,16,20H,4,7-11,14H2. The molecular weight excluding hydrogens is 330 g/mol. The molecule has 2 saturated heterocycles. The Hall–Kier alpha value is -2.51. The minimum Gasteiger partial charge on any atom is -0.437 e. The van der Waals surface area contributed by atoms with E-state index in [0.717, 1.165) is 45.7 Å². The first-order valence-corrected chi connectivity index (χ1v) is 9.07. The van der Waals surface area contributed by atoms with Crippen molar-refractivity contribution in [3.05, 3.63) is 48.4 Å². The number of piperazine rings is 1. The highest BCUT2D eigenvalue weighted by Crippen LogP contribution is 2.23. The number of ether oxygens (including phenoxy) is 1. The Balaban J connectivity index is 1.41. The van der Waals surface area contributed by atoms with Gasteiger partial charge in [0.2, 0.25) is 5.88 Å². The Labute approximate surface area is 153 Å². The largest absolute Gasteiger partial charge is 0.437 e. The maximum Gasteiger partial charge on any atom is 0.254 e. The van der Waals surface area contributed by atoms with Crippen molar-refractivity contribution in [1.82, 2.24) is 25.1 Å². The fourth-order valence-electron chi connectivity index (χ4n) is 3.61. The molecule has 1 aromatic heterocycles. The molecule has 26 heavy (non-hydrogen) atoms. The highest BCUT2D eigenvalue weighted by atomic mass is 16.5. The molecule has 2 fully saturated rings. The highest BCUT2D eigenvalue weighted by Gasteiger charge is 2.31. The Morgan fingerprint density at radius 2 is 2.08 bits per heavy atom. The molecule has 3 heterocycles. The molecule has 2 aromatic rings. The molecule has 0 saturated carbocycles. The second-order valence-corrected chi connectivity index (χ2v) is 6.65. The number of rotatable bonds is 4. The van der Waals surface area contributed by atoms with Gasteiger partial charge in [-0.3, -0.25) is 14.7 Å².